The normalized spacial score (nSPS) is 15.9. The monoisotopic (exact) mass is 254 g/mol. The second-order valence-electron chi connectivity index (χ2n) is 4.25. The number of halogens is 1. The third kappa shape index (κ3) is 2.47. The van der Waals surface area contributed by atoms with Gasteiger partial charge < -0.3 is 15.7 Å². The van der Waals surface area contributed by atoms with E-state index in [1.807, 2.05) is 4.90 Å². The molecule has 1 aliphatic rings. The van der Waals surface area contributed by atoms with E-state index < -0.39 is 5.97 Å². The Hall–Kier alpha value is -1.42. The van der Waals surface area contributed by atoms with Crippen LogP contribution in [-0.2, 0) is 0 Å². The molecule has 0 bridgehead atoms. The number of piperidine rings is 1. The predicted molar refractivity (Wildman–Crippen MR) is 68.9 cm³/mol. The summed E-state index contributed by atoms with van der Waals surface area (Å²) in [4.78, 5) is 13.3. The van der Waals surface area contributed by atoms with Gasteiger partial charge in [0.05, 0.1) is 16.3 Å². The first-order valence-corrected chi connectivity index (χ1v) is 6.04. The fourth-order valence-corrected chi connectivity index (χ4v) is 2.57. The lowest BCUT2D eigenvalue weighted by Crippen LogP contribution is -2.31. The summed E-state index contributed by atoms with van der Waals surface area (Å²) in [6.07, 6.45) is 3.32. The van der Waals surface area contributed by atoms with E-state index in [1.165, 1.54) is 12.5 Å². The predicted octanol–water partition coefficient (Wildman–Crippen LogP) is 2.61. The van der Waals surface area contributed by atoms with E-state index >= 15 is 0 Å². The van der Waals surface area contributed by atoms with Crippen LogP contribution in [0.4, 0.5) is 11.4 Å². The van der Waals surface area contributed by atoms with E-state index in [9.17, 15) is 9.90 Å². The Kier molecular flexibility index (Phi) is 3.43. The molecule has 0 atom stereocenters. The molecule has 1 saturated heterocycles. The number of hydrogen-bond acceptors (Lipinski definition) is 3. The molecular weight excluding hydrogens is 240 g/mol. The molecule has 3 N–H and O–H groups in total. The van der Waals surface area contributed by atoms with Crippen molar-refractivity contribution in [2.45, 2.75) is 19.3 Å². The number of rotatable bonds is 2. The fraction of sp³-hybridized carbons (Fsp3) is 0.417. The summed E-state index contributed by atoms with van der Waals surface area (Å²) in [5.74, 6) is -0.986. The molecule has 0 spiro atoms. The molecule has 0 unspecified atom stereocenters. The maximum atomic E-state index is 11.2. The molecule has 1 aromatic rings. The third-order valence-corrected chi connectivity index (χ3v) is 3.28. The van der Waals surface area contributed by atoms with Crippen LogP contribution >= 0.6 is 11.6 Å². The van der Waals surface area contributed by atoms with E-state index in [-0.39, 0.29) is 5.56 Å². The molecule has 0 amide bonds. The Balaban J connectivity index is 2.46. The second kappa shape index (κ2) is 4.84. The zero-order valence-electron chi connectivity index (χ0n) is 9.45. The van der Waals surface area contributed by atoms with Crippen molar-refractivity contribution < 1.29 is 9.90 Å². The average Bonchev–Trinajstić information content (AvgIpc) is 2.29. The highest BCUT2D eigenvalue weighted by atomic mass is 35.5. The maximum Gasteiger partial charge on any atom is 0.337 e. The molecule has 92 valence electrons. The summed E-state index contributed by atoms with van der Waals surface area (Å²) in [6.45, 7) is 1.70. The van der Waals surface area contributed by atoms with Crippen LogP contribution in [0.25, 0.3) is 0 Å². The first-order valence-electron chi connectivity index (χ1n) is 5.67. The number of nitrogens with two attached hydrogens (primary N) is 1. The molecule has 1 heterocycles. The Morgan fingerprint density at radius 1 is 1.29 bits per heavy atom. The zero-order valence-corrected chi connectivity index (χ0v) is 10.2. The van der Waals surface area contributed by atoms with Crippen molar-refractivity contribution in [1.29, 1.82) is 0 Å². The van der Waals surface area contributed by atoms with Crippen molar-refractivity contribution >= 4 is 28.9 Å². The van der Waals surface area contributed by atoms with Crippen molar-refractivity contribution in [2.24, 2.45) is 0 Å². The topological polar surface area (TPSA) is 66.6 Å². The van der Waals surface area contributed by atoms with Crippen molar-refractivity contribution in [3.8, 4) is 0 Å². The van der Waals surface area contributed by atoms with Crippen molar-refractivity contribution in [1.82, 2.24) is 0 Å². The molecule has 1 fully saturated rings. The van der Waals surface area contributed by atoms with Gasteiger partial charge in [-0.3, -0.25) is 0 Å². The number of carbonyl (C=O) groups is 1. The number of anilines is 2. The zero-order chi connectivity index (χ0) is 12.4. The van der Waals surface area contributed by atoms with Gasteiger partial charge in [0.15, 0.2) is 0 Å². The van der Waals surface area contributed by atoms with Gasteiger partial charge in [-0.15, -0.1) is 0 Å². The molecule has 4 nitrogen and oxygen atoms in total. The molecule has 1 aliphatic heterocycles. The second-order valence-corrected chi connectivity index (χ2v) is 4.66. The summed E-state index contributed by atoms with van der Waals surface area (Å²) in [6, 6.07) is 3.08. The van der Waals surface area contributed by atoms with Gasteiger partial charge in [-0.05, 0) is 31.4 Å². The molecule has 1 aromatic carbocycles. The Labute approximate surface area is 105 Å². The van der Waals surface area contributed by atoms with Gasteiger partial charge in [0.1, 0.15) is 0 Å². The first kappa shape index (κ1) is 12.0. The number of carboxylic acid groups (broad SMARTS) is 1. The average molecular weight is 255 g/mol. The third-order valence-electron chi connectivity index (χ3n) is 2.99. The highest BCUT2D eigenvalue weighted by Gasteiger charge is 2.21. The molecule has 17 heavy (non-hydrogen) atoms. The van der Waals surface area contributed by atoms with Gasteiger partial charge in [-0.1, -0.05) is 11.6 Å². The molecule has 0 aliphatic carbocycles. The van der Waals surface area contributed by atoms with Crippen LogP contribution in [0.3, 0.4) is 0 Å². The van der Waals surface area contributed by atoms with E-state index in [1.54, 1.807) is 6.07 Å². The van der Waals surface area contributed by atoms with Gasteiger partial charge in [0.25, 0.3) is 0 Å². The SMILES string of the molecule is Nc1cc(Cl)c(N2CCCCC2)c(C(=O)O)c1. The minimum atomic E-state index is -0.986. The highest BCUT2D eigenvalue weighted by molar-refractivity contribution is 6.34. The Morgan fingerprint density at radius 3 is 2.53 bits per heavy atom. The number of nitrogens with zero attached hydrogens (tertiary/aromatic N) is 1. The van der Waals surface area contributed by atoms with Crippen molar-refractivity contribution in [2.75, 3.05) is 23.7 Å². The summed E-state index contributed by atoms with van der Waals surface area (Å²) in [5, 5.41) is 9.62. The highest BCUT2D eigenvalue weighted by Crippen LogP contribution is 2.34. The minimum absolute atomic E-state index is 0.192. The van der Waals surface area contributed by atoms with Crippen LogP contribution < -0.4 is 10.6 Å². The van der Waals surface area contributed by atoms with Crippen LogP contribution in [0.1, 0.15) is 29.6 Å². The standard InChI is InChI=1S/C12H15ClN2O2/c13-10-7-8(14)6-9(12(16)17)11(10)15-4-2-1-3-5-15/h6-7H,1-5,14H2,(H,16,17). The Bertz CT molecular complexity index is 442. The smallest absolute Gasteiger partial charge is 0.337 e. The van der Waals surface area contributed by atoms with Gasteiger partial charge in [-0.25, -0.2) is 4.79 Å². The van der Waals surface area contributed by atoms with Crippen LogP contribution in [0.15, 0.2) is 12.1 Å². The maximum absolute atomic E-state index is 11.2. The van der Waals surface area contributed by atoms with Crippen LogP contribution in [0.5, 0.6) is 0 Å². The number of aromatic carboxylic acids is 1. The lowest BCUT2D eigenvalue weighted by molar-refractivity contribution is 0.0697. The summed E-state index contributed by atoms with van der Waals surface area (Å²) < 4.78 is 0. The van der Waals surface area contributed by atoms with Gasteiger partial charge >= 0.3 is 5.97 Å². The Morgan fingerprint density at radius 2 is 1.94 bits per heavy atom. The van der Waals surface area contributed by atoms with E-state index in [2.05, 4.69) is 0 Å². The summed E-state index contributed by atoms with van der Waals surface area (Å²) >= 11 is 6.13. The molecular formula is C12H15ClN2O2. The van der Waals surface area contributed by atoms with E-state index in [4.69, 9.17) is 17.3 Å². The van der Waals surface area contributed by atoms with Crippen LogP contribution in [0, 0.1) is 0 Å². The number of benzene rings is 1. The van der Waals surface area contributed by atoms with Gasteiger partial charge in [-0.2, -0.15) is 0 Å². The van der Waals surface area contributed by atoms with Crippen molar-refractivity contribution in [3.05, 3.63) is 22.7 Å². The lowest BCUT2D eigenvalue weighted by atomic mass is 10.1. The number of hydrogen-bond donors (Lipinski definition) is 2. The van der Waals surface area contributed by atoms with Crippen LogP contribution in [0.2, 0.25) is 5.02 Å². The quantitative estimate of drug-likeness (QED) is 0.796. The van der Waals surface area contributed by atoms with Gasteiger partial charge in [0.2, 0.25) is 0 Å². The fourth-order valence-electron chi connectivity index (χ4n) is 2.22. The minimum Gasteiger partial charge on any atom is -0.478 e. The first-order chi connectivity index (χ1) is 8.09. The van der Waals surface area contributed by atoms with Crippen LogP contribution in [-0.4, -0.2) is 24.2 Å². The lowest BCUT2D eigenvalue weighted by Gasteiger charge is -2.30. The summed E-state index contributed by atoms with van der Waals surface area (Å²) in [7, 11) is 0. The molecule has 0 aromatic heterocycles. The van der Waals surface area contributed by atoms with E-state index in [0.29, 0.717) is 16.4 Å². The van der Waals surface area contributed by atoms with E-state index in [0.717, 1.165) is 25.9 Å². The molecule has 2 rings (SSSR count). The number of nitrogen functional groups attached to an aromatic ring is 1. The molecule has 5 heteroatoms. The molecule has 0 saturated carbocycles. The number of carboxylic acids is 1. The largest absolute Gasteiger partial charge is 0.478 e. The summed E-state index contributed by atoms with van der Waals surface area (Å²) in [5.41, 5.74) is 6.81. The van der Waals surface area contributed by atoms with Gasteiger partial charge in [0, 0.05) is 18.8 Å². The molecule has 0 radical (unpaired) electrons. The van der Waals surface area contributed by atoms with Crippen molar-refractivity contribution in [3.63, 3.8) is 0 Å².